The molecule has 1 N–H and O–H groups in total. The van der Waals surface area contributed by atoms with Gasteiger partial charge in [-0.15, -0.1) is 11.8 Å². The molecule has 2 heterocycles. The van der Waals surface area contributed by atoms with Gasteiger partial charge < -0.3 is 5.32 Å². The van der Waals surface area contributed by atoms with Crippen molar-refractivity contribution in [1.29, 1.82) is 0 Å². The lowest BCUT2D eigenvalue weighted by Gasteiger charge is -2.28. The van der Waals surface area contributed by atoms with E-state index in [1.165, 1.54) is 22.2 Å². The molecule has 9 nitrogen and oxygen atoms in total. The maximum atomic E-state index is 13.0. The zero-order valence-electron chi connectivity index (χ0n) is 16.9. The summed E-state index contributed by atoms with van der Waals surface area (Å²) in [6, 6.07) is 11.1. The van der Waals surface area contributed by atoms with Gasteiger partial charge in [0.1, 0.15) is 5.82 Å². The minimum atomic E-state index is -3.60. The van der Waals surface area contributed by atoms with Crippen molar-refractivity contribution >= 4 is 45.1 Å². The molecule has 0 spiro atoms. The second kappa shape index (κ2) is 9.92. The number of carbonyl (C=O) groups excluding carboxylic acids is 3. The number of benzene rings is 1. The van der Waals surface area contributed by atoms with E-state index in [2.05, 4.69) is 10.3 Å². The summed E-state index contributed by atoms with van der Waals surface area (Å²) in [4.78, 5) is 41.6. The van der Waals surface area contributed by atoms with Gasteiger partial charge in [-0.05, 0) is 30.7 Å². The van der Waals surface area contributed by atoms with E-state index in [0.717, 1.165) is 18.0 Å². The van der Waals surface area contributed by atoms with Crippen LogP contribution in [-0.2, 0) is 19.4 Å². The number of sulfone groups is 1. The van der Waals surface area contributed by atoms with Crippen LogP contribution in [0.3, 0.4) is 0 Å². The van der Waals surface area contributed by atoms with Gasteiger partial charge in [0.2, 0.25) is 5.91 Å². The number of thioether (sulfide) groups is 1. The van der Waals surface area contributed by atoms with Crippen molar-refractivity contribution in [2.24, 2.45) is 0 Å². The van der Waals surface area contributed by atoms with Crippen LogP contribution in [-0.4, -0.2) is 72.0 Å². The normalized spacial score (nSPS) is 13.8. The summed E-state index contributed by atoms with van der Waals surface area (Å²) in [5.41, 5.74) is 0.0343. The van der Waals surface area contributed by atoms with E-state index in [9.17, 15) is 22.8 Å². The molecule has 164 valence electrons. The number of hydrazine groups is 1. The molecule has 2 aromatic rings. The van der Waals surface area contributed by atoms with Crippen LogP contribution in [0.15, 0.2) is 53.6 Å². The van der Waals surface area contributed by atoms with Gasteiger partial charge in [0.25, 0.3) is 11.8 Å². The van der Waals surface area contributed by atoms with Crippen molar-refractivity contribution in [3.8, 4) is 0 Å². The van der Waals surface area contributed by atoms with Crippen molar-refractivity contribution in [2.45, 2.75) is 11.3 Å². The van der Waals surface area contributed by atoms with Gasteiger partial charge in [0.15, 0.2) is 9.84 Å². The number of hydrogen-bond donors (Lipinski definition) is 1. The molecule has 1 aliphatic heterocycles. The lowest BCUT2D eigenvalue weighted by molar-refractivity contribution is -0.137. The minimum Gasteiger partial charge on any atom is -0.310 e. The van der Waals surface area contributed by atoms with Gasteiger partial charge in [-0.3, -0.25) is 19.4 Å². The van der Waals surface area contributed by atoms with Crippen molar-refractivity contribution in [2.75, 3.05) is 36.2 Å². The van der Waals surface area contributed by atoms with Crippen LogP contribution < -0.4 is 5.32 Å². The quantitative estimate of drug-likeness (QED) is 0.662. The first-order chi connectivity index (χ1) is 14.8. The van der Waals surface area contributed by atoms with Crippen LogP contribution in [0.4, 0.5) is 5.82 Å². The standard InChI is InChI=1S/C20H22N4O5S2/c1-31(28,29)16-8-3-2-7-15(16)20(27)24-12-6-11-23(24)19(26)14-30-13-18(25)22-17-9-4-5-10-21-17/h2-5,7-10H,6,11-14H2,1H3,(H,21,22,25). The Balaban J connectivity index is 1.59. The summed E-state index contributed by atoms with van der Waals surface area (Å²) < 4.78 is 24.1. The number of anilines is 1. The van der Waals surface area contributed by atoms with Crippen LogP contribution in [0.5, 0.6) is 0 Å². The summed E-state index contributed by atoms with van der Waals surface area (Å²) >= 11 is 1.13. The summed E-state index contributed by atoms with van der Waals surface area (Å²) in [5, 5.41) is 5.24. The molecule has 3 amide bonds. The van der Waals surface area contributed by atoms with Crippen LogP contribution in [0.2, 0.25) is 0 Å². The van der Waals surface area contributed by atoms with E-state index in [1.807, 2.05) is 0 Å². The molecule has 1 aromatic heterocycles. The summed E-state index contributed by atoms with van der Waals surface area (Å²) in [6.07, 6.45) is 3.19. The van der Waals surface area contributed by atoms with Gasteiger partial charge in [-0.25, -0.2) is 18.4 Å². The second-order valence-corrected chi connectivity index (χ2v) is 9.79. The molecule has 11 heteroatoms. The Kier molecular flexibility index (Phi) is 7.29. The number of nitrogens with zero attached hydrogens (tertiary/aromatic N) is 3. The fourth-order valence-corrected chi connectivity index (χ4v) is 4.67. The molecular formula is C20H22N4O5S2. The van der Waals surface area contributed by atoms with Crippen LogP contribution in [0.25, 0.3) is 0 Å². The second-order valence-electron chi connectivity index (χ2n) is 6.82. The molecule has 1 saturated heterocycles. The van der Waals surface area contributed by atoms with Crippen molar-refractivity contribution in [3.63, 3.8) is 0 Å². The number of aromatic nitrogens is 1. The van der Waals surface area contributed by atoms with Gasteiger partial charge in [0, 0.05) is 25.5 Å². The molecule has 1 fully saturated rings. The first-order valence-electron chi connectivity index (χ1n) is 9.47. The average Bonchev–Trinajstić information content (AvgIpc) is 3.23. The molecule has 1 aromatic carbocycles. The molecule has 0 saturated carbocycles. The molecule has 0 unspecified atom stereocenters. The van der Waals surface area contributed by atoms with Crippen LogP contribution >= 0.6 is 11.8 Å². The highest BCUT2D eigenvalue weighted by molar-refractivity contribution is 8.00. The first kappa shape index (κ1) is 22.8. The maximum absolute atomic E-state index is 13.0. The third kappa shape index (κ3) is 5.82. The van der Waals surface area contributed by atoms with Crippen molar-refractivity contribution in [3.05, 3.63) is 54.2 Å². The SMILES string of the molecule is CS(=O)(=O)c1ccccc1C(=O)N1CCCN1C(=O)CSCC(=O)Nc1ccccn1. The molecule has 0 radical (unpaired) electrons. The number of hydrogen-bond acceptors (Lipinski definition) is 7. The van der Waals surface area contributed by atoms with Crippen LogP contribution in [0, 0.1) is 0 Å². The highest BCUT2D eigenvalue weighted by Crippen LogP contribution is 2.22. The highest BCUT2D eigenvalue weighted by Gasteiger charge is 2.33. The zero-order chi connectivity index (χ0) is 22.4. The lowest BCUT2D eigenvalue weighted by atomic mass is 10.2. The highest BCUT2D eigenvalue weighted by atomic mass is 32.2. The number of rotatable bonds is 7. The first-order valence-corrected chi connectivity index (χ1v) is 12.5. The van der Waals surface area contributed by atoms with E-state index in [-0.39, 0.29) is 33.8 Å². The Bertz CT molecular complexity index is 1080. The Morgan fingerprint density at radius 1 is 1.03 bits per heavy atom. The number of carbonyl (C=O) groups is 3. The Morgan fingerprint density at radius 3 is 2.45 bits per heavy atom. The zero-order valence-corrected chi connectivity index (χ0v) is 18.5. The Morgan fingerprint density at radius 2 is 1.74 bits per heavy atom. The maximum Gasteiger partial charge on any atom is 0.273 e. The summed E-state index contributed by atoms with van der Waals surface area (Å²) in [7, 11) is -3.60. The van der Waals surface area contributed by atoms with E-state index in [4.69, 9.17) is 0 Å². The Labute approximate surface area is 184 Å². The fraction of sp³-hybridized carbons (Fsp3) is 0.300. The topological polar surface area (TPSA) is 117 Å². The molecule has 3 rings (SSSR count). The monoisotopic (exact) mass is 462 g/mol. The van der Waals surface area contributed by atoms with Crippen molar-refractivity contribution < 1.29 is 22.8 Å². The third-order valence-electron chi connectivity index (χ3n) is 4.46. The lowest BCUT2D eigenvalue weighted by Crippen LogP contribution is -2.46. The summed E-state index contributed by atoms with van der Waals surface area (Å²) in [5.74, 6) is -0.648. The molecule has 0 atom stereocenters. The minimum absolute atomic E-state index is 0.00708. The largest absolute Gasteiger partial charge is 0.310 e. The molecule has 31 heavy (non-hydrogen) atoms. The smallest absolute Gasteiger partial charge is 0.273 e. The number of pyridine rings is 1. The van der Waals surface area contributed by atoms with Gasteiger partial charge in [0.05, 0.1) is 22.0 Å². The van der Waals surface area contributed by atoms with E-state index in [1.54, 1.807) is 36.5 Å². The Hall–Kier alpha value is -2.92. The predicted octanol–water partition coefficient (Wildman–Crippen LogP) is 1.45. The molecule has 0 aliphatic carbocycles. The number of amides is 3. The predicted molar refractivity (Wildman–Crippen MR) is 117 cm³/mol. The third-order valence-corrected chi connectivity index (χ3v) is 6.53. The summed E-state index contributed by atoms with van der Waals surface area (Å²) in [6.45, 7) is 0.666. The van der Waals surface area contributed by atoms with Gasteiger partial charge in [-0.2, -0.15) is 0 Å². The van der Waals surface area contributed by atoms with E-state index < -0.39 is 15.7 Å². The number of nitrogens with one attached hydrogen (secondary N) is 1. The molecule has 0 bridgehead atoms. The molecular weight excluding hydrogens is 440 g/mol. The van der Waals surface area contributed by atoms with Gasteiger partial charge in [-0.1, -0.05) is 18.2 Å². The van der Waals surface area contributed by atoms with E-state index in [0.29, 0.717) is 25.3 Å². The van der Waals surface area contributed by atoms with Gasteiger partial charge >= 0.3 is 0 Å². The molecule has 1 aliphatic rings. The van der Waals surface area contributed by atoms with Crippen LogP contribution in [0.1, 0.15) is 16.8 Å². The van der Waals surface area contributed by atoms with Crippen molar-refractivity contribution in [1.82, 2.24) is 15.0 Å². The average molecular weight is 463 g/mol. The fourth-order valence-electron chi connectivity index (χ4n) is 3.11. The van der Waals surface area contributed by atoms with E-state index >= 15 is 0 Å².